The van der Waals surface area contributed by atoms with Gasteiger partial charge in [-0.1, -0.05) is 0 Å². The topological polar surface area (TPSA) is 125 Å². The lowest BCUT2D eigenvalue weighted by molar-refractivity contribution is -0.118. The number of hydrogen-bond acceptors (Lipinski definition) is 6. The second-order valence-electron chi connectivity index (χ2n) is 6.55. The molecule has 3 aromatic rings. The van der Waals surface area contributed by atoms with Gasteiger partial charge < -0.3 is 24.6 Å². The minimum absolute atomic E-state index is 0.159. The zero-order valence-corrected chi connectivity index (χ0v) is 15.7. The minimum atomic E-state index is -1.00. The first-order valence-electron chi connectivity index (χ1n) is 8.52. The predicted octanol–water partition coefficient (Wildman–Crippen LogP) is 1.52. The van der Waals surface area contributed by atoms with E-state index in [0.717, 1.165) is 6.07 Å². The molecule has 1 amide bonds. The van der Waals surface area contributed by atoms with E-state index in [0.29, 0.717) is 16.7 Å². The SMILES string of the molecule is COc1ccc2cc(C(CC(N)=O)c3oc(C)cc(=O)c3O)c(=O)n(C)c2c1. The van der Waals surface area contributed by atoms with Gasteiger partial charge in [0.25, 0.3) is 5.56 Å². The highest BCUT2D eigenvalue weighted by molar-refractivity contribution is 5.82. The van der Waals surface area contributed by atoms with Crippen LogP contribution in [-0.2, 0) is 11.8 Å². The minimum Gasteiger partial charge on any atom is -0.502 e. The Bertz CT molecular complexity index is 1190. The Kier molecular flexibility index (Phi) is 4.96. The molecule has 8 heteroatoms. The fraction of sp³-hybridized carbons (Fsp3) is 0.250. The first-order valence-corrected chi connectivity index (χ1v) is 8.52. The van der Waals surface area contributed by atoms with Crippen LogP contribution in [0, 0.1) is 6.92 Å². The fourth-order valence-corrected chi connectivity index (χ4v) is 3.25. The Morgan fingerprint density at radius 3 is 2.64 bits per heavy atom. The molecule has 146 valence electrons. The summed E-state index contributed by atoms with van der Waals surface area (Å²) in [5.74, 6) is -1.68. The number of methoxy groups -OCH3 is 1. The van der Waals surface area contributed by atoms with Crippen LogP contribution in [0.5, 0.6) is 11.5 Å². The molecule has 2 aromatic heterocycles. The van der Waals surface area contributed by atoms with Gasteiger partial charge >= 0.3 is 0 Å². The number of nitrogens with zero attached hydrogens (tertiary/aromatic N) is 1. The number of carbonyl (C=O) groups excluding carboxylic acids is 1. The van der Waals surface area contributed by atoms with Crippen molar-refractivity contribution in [3.63, 3.8) is 0 Å². The number of rotatable bonds is 5. The number of nitrogens with two attached hydrogens (primary N) is 1. The Balaban J connectivity index is 2.31. The highest BCUT2D eigenvalue weighted by atomic mass is 16.5. The summed E-state index contributed by atoms with van der Waals surface area (Å²) in [6.07, 6.45) is -0.309. The van der Waals surface area contributed by atoms with Gasteiger partial charge in [-0.25, -0.2) is 0 Å². The lowest BCUT2D eigenvalue weighted by atomic mass is 9.91. The summed E-state index contributed by atoms with van der Waals surface area (Å²) in [7, 11) is 3.11. The van der Waals surface area contributed by atoms with E-state index in [1.807, 2.05) is 0 Å². The van der Waals surface area contributed by atoms with Gasteiger partial charge in [-0.15, -0.1) is 0 Å². The molecule has 0 fully saturated rings. The summed E-state index contributed by atoms with van der Waals surface area (Å²) in [5.41, 5.74) is 5.11. The Labute approximate surface area is 159 Å². The maximum Gasteiger partial charge on any atom is 0.254 e. The smallest absolute Gasteiger partial charge is 0.254 e. The van der Waals surface area contributed by atoms with E-state index in [1.54, 1.807) is 31.3 Å². The standard InChI is InChI=1S/C20H20N2O6/c1-10-6-16(23)18(25)19(28-10)13(9-17(21)24)14-7-11-4-5-12(27-3)8-15(11)22(2)20(14)26/h4-8,13,25H,9H2,1-3H3,(H2,21,24). The average molecular weight is 384 g/mol. The first kappa shape index (κ1) is 19.2. The number of ether oxygens (including phenoxy) is 1. The van der Waals surface area contributed by atoms with Gasteiger partial charge in [-0.05, 0) is 30.5 Å². The zero-order chi connectivity index (χ0) is 20.6. The molecule has 2 heterocycles. The molecular weight excluding hydrogens is 364 g/mol. The third-order valence-electron chi connectivity index (χ3n) is 4.63. The number of aromatic nitrogens is 1. The number of fused-ring (bicyclic) bond motifs is 1. The van der Waals surface area contributed by atoms with E-state index in [9.17, 15) is 19.5 Å². The van der Waals surface area contributed by atoms with Crippen LogP contribution in [-0.4, -0.2) is 22.7 Å². The fourth-order valence-electron chi connectivity index (χ4n) is 3.25. The van der Waals surface area contributed by atoms with Crippen LogP contribution < -0.4 is 21.5 Å². The van der Waals surface area contributed by atoms with Crippen LogP contribution in [0.3, 0.4) is 0 Å². The second kappa shape index (κ2) is 7.22. The monoisotopic (exact) mass is 384 g/mol. The van der Waals surface area contributed by atoms with Crippen molar-refractivity contribution in [2.24, 2.45) is 12.8 Å². The number of hydrogen-bond donors (Lipinski definition) is 2. The molecule has 0 saturated carbocycles. The van der Waals surface area contributed by atoms with Gasteiger partial charge in [0.1, 0.15) is 11.5 Å². The summed E-state index contributed by atoms with van der Waals surface area (Å²) in [6, 6.07) is 7.96. The van der Waals surface area contributed by atoms with Crippen molar-refractivity contribution in [1.29, 1.82) is 0 Å². The highest BCUT2D eigenvalue weighted by Gasteiger charge is 2.28. The molecule has 28 heavy (non-hydrogen) atoms. The van der Waals surface area contributed by atoms with Gasteiger partial charge in [0.15, 0.2) is 5.76 Å². The molecule has 1 aromatic carbocycles. The molecule has 3 N–H and O–H groups in total. The molecule has 8 nitrogen and oxygen atoms in total. The normalized spacial score (nSPS) is 12.1. The molecule has 1 unspecified atom stereocenters. The van der Waals surface area contributed by atoms with E-state index in [1.165, 1.54) is 18.6 Å². The van der Waals surface area contributed by atoms with Gasteiger partial charge in [0.2, 0.25) is 17.1 Å². The summed E-state index contributed by atoms with van der Waals surface area (Å²) in [6.45, 7) is 1.54. The summed E-state index contributed by atoms with van der Waals surface area (Å²) >= 11 is 0. The van der Waals surface area contributed by atoms with E-state index >= 15 is 0 Å². The molecule has 0 bridgehead atoms. The third-order valence-corrected chi connectivity index (χ3v) is 4.63. The van der Waals surface area contributed by atoms with Crippen molar-refractivity contribution in [2.75, 3.05) is 7.11 Å². The maximum absolute atomic E-state index is 13.0. The van der Waals surface area contributed by atoms with Crippen LogP contribution in [0.1, 0.15) is 29.4 Å². The number of benzene rings is 1. The average Bonchev–Trinajstić information content (AvgIpc) is 2.65. The first-order chi connectivity index (χ1) is 13.2. The third kappa shape index (κ3) is 3.36. The number of aryl methyl sites for hydroxylation is 2. The maximum atomic E-state index is 13.0. The van der Waals surface area contributed by atoms with Crippen molar-refractivity contribution in [1.82, 2.24) is 4.57 Å². The van der Waals surface area contributed by atoms with E-state index in [2.05, 4.69) is 0 Å². The predicted molar refractivity (Wildman–Crippen MR) is 103 cm³/mol. The van der Waals surface area contributed by atoms with E-state index < -0.39 is 28.6 Å². The quantitative estimate of drug-likeness (QED) is 0.687. The molecular formula is C20H20N2O6. The van der Waals surface area contributed by atoms with Crippen LogP contribution in [0.25, 0.3) is 10.9 Å². The van der Waals surface area contributed by atoms with Crippen molar-refractivity contribution < 1.29 is 19.1 Å². The second-order valence-corrected chi connectivity index (χ2v) is 6.55. The molecule has 0 aliphatic rings. The lowest BCUT2D eigenvalue weighted by Gasteiger charge is -2.18. The molecule has 1 atom stereocenters. The van der Waals surface area contributed by atoms with E-state index in [-0.39, 0.29) is 23.5 Å². The summed E-state index contributed by atoms with van der Waals surface area (Å²) in [4.78, 5) is 36.7. The molecule has 0 aliphatic heterocycles. The van der Waals surface area contributed by atoms with Crippen LogP contribution in [0.2, 0.25) is 0 Å². The molecule has 0 spiro atoms. The van der Waals surface area contributed by atoms with Crippen molar-refractivity contribution >= 4 is 16.8 Å². The van der Waals surface area contributed by atoms with Gasteiger partial charge in [-0.3, -0.25) is 14.4 Å². The molecule has 0 saturated heterocycles. The van der Waals surface area contributed by atoms with Crippen molar-refractivity contribution in [3.05, 3.63) is 68.0 Å². The number of aromatic hydroxyl groups is 1. The van der Waals surface area contributed by atoms with Crippen molar-refractivity contribution in [2.45, 2.75) is 19.3 Å². The molecule has 3 rings (SSSR count). The Morgan fingerprint density at radius 2 is 2.00 bits per heavy atom. The van der Waals surface area contributed by atoms with E-state index in [4.69, 9.17) is 14.9 Å². The zero-order valence-electron chi connectivity index (χ0n) is 15.7. The summed E-state index contributed by atoms with van der Waals surface area (Å²) < 4.78 is 12.1. The largest absolute Gasteiger partial charge is 0.502 e. The lowest BCUT2D eigenvalue weighted by Crippen LogP contribution is -2.27. The number of carbonyl (C=O) groups is 1. The van der Waals surface area contributed by atoms with Crippen LogP contribution >= 0.6 is 0 Å². The number of amides is 1. The Hall–Kier alpha value is -3.55. The highest BCUT2D eigenvalue weighted by Crippen LogP contribution is 2.32. The van der Waals surface area contributed by atoms with Crippen LogP contribution in [0.4, 0.5) is 0 Å². The van der Waals surface area contributed by atoms with Gasteiger partial charge in [0, 0.05) is 31.2 Å². The number of primary amides is 1. The van der Waals surface area contributed by atoms with Gasteiger partial charge in [0.05, 0.1) is 18.5 Å². The number of pyridine rings is 1. The molecule has 0 aliphatic carbocycles. The van der Waals surface area contributed by atoms with Gasteiger partial charge in [-0.2, -0.15) is 0 Å². The van der Waals surface area contributed by atoms with Crippen LogP contribution in [0.15, 0.2) is 44.3 Å². The molecule has 0 radical (unpaired) electrons. The Morgan fingerprint density at radius 1 is 1.29 bits per heavy atom. The summed E-state index contributed by atoms with van der Waals surface area (Å²) in [5, 5.41) is 10.9. The van der Waals surface area contributed by atoms with Crippen molar-refractivity contribution in [3.8, 4) is 11.5 Å².